The fourth-order valence-corrected chi connectivity index (χ4v) is 4.80. The molecule has 2 aliphatic heterocycles. The smallest absolute Gasteiger partial charge is 0.305 e. The summed E-state index contributed by atoms with van der Waals surface area (Å²) in [5.74, 6) is -0.638. The molecule has 0 spiro atoms. The highest BCUT2D eigenvalue weighted by atomic mass is 16.7. The van der Waals surface area contributed by atoms with Crippen molar-refractivity contribution in [2.75, 3.05) is 6.61 Å². The third-order valence-electron chi connectivity index (χ3n) is 6.66. The summed E-state index contributed by atoms with van der Waals surface area (Å²) in [5.41, 5.74) is 0. The highest BCUT2D eigenvalue weighted by molar-refractivity contribution is 5.69. The Labute approximate surface area is 203 Å². The number of ether oxygens (including phenoxy) is 4. The van der Waals surface area contributed by atoms with Crippen LogP contribution in [-0.2, 0) is 23.7 Å². The summed E-state index contributed by atoms with van der Waals surface area (Å²) in [6.45, 7) is 8.57. The topological polar surface area (TPSA) is 57.3 Å². The van der Waals surface area contributed by atoms with Crippen molar-refractivity contribution in [1.29, 1.82) is 0 Å². The van der Waals surface area contributed by atoms with Gasteiger partial charge < -0.3 is 18.9 Å². The Balaban J connectivity index is 1.54. The lowest BCUT2D eigenvalue weighted by atomic mass is 10.0. The van der Waals surface area contributed by atoms with Crippen LogP contribution in [0.15, 0.2) is 12.2 Å². The van der Waals surface area contributed by atoms with Crippen molar-refractivity contribution in [3.05, 3.63) is 12.2 Å². The maximum atomic E-state index is 11.5. The van der Waals surface area contributed by atoms with Gasteiger partial charge in [0.25, 0.3) is 0 Å². The summed E-state index contributed by atoms with van der Waals surface area (Å²) in [6, 6.07) is 0. The van der Waals surface area contributed by atoms with Gasteiger partial charge in [-0.2, -0.15) is 0 Å². The highest BCUT2D eigenvalue weighted by Crippen LogP contribution is 2.36. The lowest BCUT2D eigenvalue weighted by molar-refractivity contribution is -0.147. The van der Waals surface area contributed by atoms with Gasteiger partial charge >= 0.3 is 5.97 Å². The zero-order valence-corrected chi connectivity index (χ0v) is 21.8. The van der Waals surface area contributed by atoms with Gasteiger partial charge in [-0.1, -0.05) is 64.0 Å². The Morgan fingerprint density at radius 1 is 0.758 bits per heavy atom. The summed E-state index contributed by atoms with van der Waals surface area (Å²) in [7, 11) is 0. The summed E-state index contributed by atoms with van der Waals surface area (Å²) in [6.07, 6.45) is 22.7. The molecule has 2 fully saturated rings. The van der Waals surface area contributed by atoms with E-state index in [0.717, 1.165) is 32.1 Å². The van der Waals surface area contributed by atoms with Gasteiger partial charge in [0.05, 0.1) is 31.0 Å². The zero-order chi connectivity index (χ0) is 23.9. The van der Waals surface area contributed by atoms with E-state index in [-0.39, 0.29) is 30.4 Å². The maximum Gasteiger partial charge on any atom is 0.305 e. The molecule has 0 N–H and O–H groups in total. The molecule has 0 bridgehead atoms. The molecule has 0 aliphatic carbocycles. The molecule has 0 aromatic carbocycles. The summed E-state index contributed by atoms with van der Waals surface area (Å²) >= 11 is 0. The third-order valence-corrected chi connectivity index (χ3v) is 6.66. The first-order valence-corrected chi connectivity index (χ1v) is 13.8. The second-order valence-corrected chi connectivity index (χ2v) is 10.2. The molecule has 0 aromatic rings. The molecule has 2 saturated heterocycles. The number of epoxide rings is 1. The van der Waals surface area contributed by atoms with Crippen LogP contribution in [0.4, 0.5) is 0 Å². The molecule has 33 heavy (non-hydrogen) atoms. The van der Waals surface area contributed by atoms with Crippen molar-refractivity contribution in [2.45, 2.75) is 154 Å². The second kappa shape index (κ2) is 15.9. The molecule has 0 amide bonds. The molecule has 192 valence electrons. The Bertz CT molecular complexity index is 558. The van der Waals surface area contributed by atoms with Crippen LogP contribution in [0, 0.1) is 0 Å². The fourth-order valence-electron chi connectivity index (χ4n) is 4.80. The van der Waals surface area contributed by atoms with E-state index in [2.05, 4.69) is 19.1 Å². The van der Waals surface area contributed by atoms with E-state index < -0.39 is 5.79 Å². The molecule has 5 nitrogen and oxygen atoms in total. The highest BCUT2D eigenvalue weighted by Gasteiger charge is 2.43. The Morgan fingerprint density at radius 3 is 2.03 bits per heavy atom. The Hall–Kier alpha value is -0.910. The SMILES string of the molecule is CCCCCCCCCC/C=C\CC[C@H]1OC(C)(C)O[C@@H]1CC[C@@H]1O[C@@H]1CCC(=O)OCC. The van der Waals surface area contributed by atoms with E-state index in [1.54, 1.807) is 0 Å². The number of hydrogen-bond acceptors (Lipinski definition) is 5. The van der Waals surface area contributed by atoms with Gasteiger partial charge in [-0.25, -0.2) is 0 Å². The lowest BCUT2D eigenvalue weighted by Crippen LogP contribution is -2.23. The number of esters is 1. The maximum absolute atomic E-state index is 11.5. The minimum Gasteiger partial charge on any atom is -0.466 e. The predicted molar refractivity (Wildman–Crippen MR) is 133 cm³/mol. The number of unbranched alkanes of at least 4 members (excludes halogenated alkanes) is 8. The molecule has 5 heteroatoms. The van der Waals surface area contributed by atoms with Crippen LogP contribution in [0.3, 0.4) is 0 Å². The molecule has 0 aromatic heterocycles. The van der Waals surface area contributed by atoms with Crippen molar-refractivity contribution in [2.24, 2.45) is 0 Å². The first-order chi connectivity index (χ1) is 15.9. The van der Waals surface area contributed by atoms with Gasteiger partial charge in [-0.15, -0.1) is 0 Å². The quantitative estimate of drug-likeness (QED) is 0.0867. The van der Waals surface area contributed by atoms with E-state index in [1.807, 2.05) is 20.8 Å². The molecule has 2 rings (SSSR count). The number of allylic oxidation sites excluding steroid dienone is 2. The summed E-state index contributed by atoms with van der Waals surface area (Å²) in [4.78, 5) is 11.5. The minimum absolute atomic E-state index is 0.121. The molecule has 4 atom stereocenters. The molecular weight excluding hydrogens is 416 g/mol. The zero-order valence-electron chi connectivity index (χ0n) is 21.8. The largest absolute Gasteiger partial charge is 0.466 e. The second-order valence-electron chi connectivity index (χ2n) is 10.2. The van der Waals surface area contributed by atoms with Gasteiger partial charge in [-0.05, 0) is 65.7 Å². The van der Waals surface area contributed by atoms with Crippen molar-refractivity contribution >= 4 is 5.97 Å². The van der Waals surface area contributed by atoms with Crippen molar-refractivity contribution < 1.29 is 23.7 Å². The third kappa shape index (κ3) is 12.4. The van der Waals surface area contributed by atoms with Crippen molar-refractivity contribution in [1.82, 2.24) is 0 Å². The first kappa shape index (κ1) is 28.3. The van der Waals surface area contributed by atoms with E-state index in [9.17, 15) is 4.79 Å². The van der Waals surface area contributed by atoms with Gasteiger partial charge in [-0.3, -0.25) is 4.79 Å². The molecule has 2 aliphatic rings. The predicted octanol–water partition coefficient (Wildman–Crippen LogP) is 7.26. The van der Waals surface area contributed by atoms with Gasteiger partial charge in [0, 0.05) is 6.42 Å². The Kier molecular flexibility index (Phi) is 13.6. The van der Waals surface area contributed by atoms with Crippen LogP contribution in [0.2, 0.25) is 0 Å². The summed E-state index contributed by atoms with van der Waals surface area (Å²) in [5, 5.41) is 0. The average molecular weight is 467 g/mol. The Morgan fingerprint density at radius 2 is 1.33 bits per heavy atom. The van der Waals surface area contributed by atoms with Crippen LogP contribution in [-0.4, -0.2) is 42.8 Å². The molecule has 2 heterocycles. The lowest BCUT2D eigenvalue weighted by Gasteiger charge is -2.16. The van der Waals surface area contributed by atoms with E-state index in [4.69, 9.17) is 18.9 Å². The van der Waals surface area contributed by atoms with Crippen LogP contribution in [0.1, 0.15) is 124 Å². The van der Waals surface area contributed by atoms with E-state index >= 15 is 0 Å². The molecular formula is C28H50O5. The van der Waals surface area contributed by atoms with Gasteiger partial charge in [0.2, 0.25) is 0 Å². The van der Waals surface area contributed by atoms with Crippen molar-refractivity contribution in [3.63, 3.8) is 0 Å². The van der Waals surface area contributed by atoms with Crippen LogP contribution in [0.5, 0.6) is 0 Å². The monoisotopic (exact) mass is 466 g/mol. The van der Waals surface area contributed by atoms with Gasteiger partial charge in [0.15, 0.2) is 5.79 Å². The van der Waals surface area contributed by atoms with E-state index in [1.165, 1.54) is 57.8 Å². The molecule has 0 saturated carbocycles. The van der Waals surface area contributed by atoms with Crippen LogP contribution < -0.4 is 0 Å². The first-order valence-electron chi connectivity index (χ1n) is 13.8. The standard InChI is InChI=1S/C28H50O5/c1-5-7-8-9-10-11-12-13-14-15-16-17-18-25-26(33-28(3,4)32-25)20-19-23-24(31-23)21-22-27(29)30-6-2/h15-16,23-26H,5-14,17-22H2,1-4H3/b16-15-/t23-,24+,25+,26+/m0/s1. The van der Waals surface area contributed by atoms with Crippen LogP contribution in [0.25, 0.3) is 0 Å². The van der Waals surface area contributed by atoms with Crippen molar-refractivity contribution in [3.8, 4) is 0 Å². The van der Waals surface area contributed by atoms with E-state index in [0.29, 0.717) is 13.0 Å². The van der Waals surface area contributed by atoms with Crippen LogP contribution >= 0.6 is 0 Å². The molecule has 0 radical (unpaired) electrons. The number of carbonyl (C=O) groups excluding carboxylic acids is 1. The average Bonchev–Trinajstić information content (AvgIpc) is 3.46. The minimum atomic E-state index is -0.510. The normalized spacial score (nSPS) is 26.2. The number of carbonyl (C=O) groups is 1. The number of hydrogen-bond donors (Lipinski definition) is 0. The fraction of sp³-hybridized carbons (Fsp3) is 0.893. The molecule has 0 unspecified atom stereocenters. The van der Waals surface area contributed by atoms with Gasteiger partial charge in [0.1, 0.15) is 0 Å². The summed E-state index contributed by atoms with van der Waals surface area (Å²) < 4.78 is 23.1. The number of rotatable bonds is 19.